The number of benzene rings is 1. The van der Waals surface area contributed by atoms with Gasteiger partial charge in [-0.3, -0.25) is 4.79 Å². The summed E-state index contributed by atoms with van der Waals surface area (Å²) in [7, 11) is 0. The fourth-order valence-electron chi connectivity index (χ4n) is 3.17. The third-order valence-electron chi connectivity index (χ3n) is 4.66. The van der Waals surface area contributed by atoms with Gasteiger partial charge in [0, 0.05) is 19.3 Å². The van der Waals surface area contributed by atoms with Gasteiger partial charge in [0.1, 0.15) is 11.6 Å². The van der Waals surface area contributed by atoms with Gasteiger partial charge in [0.2, 0.25) is 0 Å². The molecular weight excluding hydrogens is 345 g/mol. The van der Waals surface area contributed by atoms with Crippen LogP contribution in [0.4, 0.5) is 15.9 Å². The highest BCUT2D eigenvalue weighted by Crippen LogP contribution is 2.22. The van der Waals surface area contributed by atoms with Gasteiger partial charge in [-0.2, -0.15) is 5.10 Å². The first kappa shape index (κ1) is 17.2. The summed E-state index contributed by atoms with van der Waals surface area (Å²) in [6.45, 7) is 3.93. The first-order valence-electron chi connectivity index (χ1n) is 8.96. The van der Waals surface area contributed by atoms with Crippen LogP contribution in [0, 0.1) is 12.7 Å². The van der Waals surface area contributed by atoms with Crippen LogP contribution in [0.2, 0.25) is 0 Å². The van der Waals surface area contributed by atoms with E-state index in [9.17, 15) is 9.18 Å². The quantitative estimate of drug-likeness (QED) is 0.768. The molecule has 2 aromatic heterocycles. The molecule has 0 atom stereocenters. The van der Waals surface area contributed by atoms with E-state index < -0.39 is 0 Å². The van der Waals surface area contributed by atoms with Gasteiger partial charge in [-0.25, -0.2) is 14.1 Å². The molecule has 1 N–H and O–H groups in total. The van der Waals surface area contributed by atoms with Crippen molar-refractivity contribution >= 4 is 17.4 Å². The Morgan fingerprint density at radius 2 is 1.81 bits per heavy atom. The van der Waals surface area contributed by atoms with Gasteiger partial charge in [0.25, 0.3) is 5.91 Å². The number of hydrogen-bond acceptors (Lipinski definition) is 4. The van der Waals surface area contributed by atoms with Crippen molar-refractivity contribution in [3.8, 4) is 5.69 Å². The van der Waals surface area contributed by atoms with Gasteiger partial charge in [-0.05, 0) is 62.2 Å². The standard InChI is InChI=1S/C20H20FN5O/c1-14-17(8-9-19(22-14)25-11-2-3-12-25)23-20(27)18-10-13-26(24-18)16-6-4-15(21)5-7-16/h4-10,13H,2-3,11-12H2,1H3,(H,23,27). The lowest BCUT2D eigenvalue weighted by molar-refractivity contribution is 0.102. The van der Waals surface area contributed by atoms with Crippen molar-refractivity contribution in [3.63, 3.8) is 0 Å². The number of carbonyl (C=O) groups is 1. The Morgan fingerprint density at radius 1 is 1.07 bits per heavy atom. The number of pyridine rings is 1. The Hall–Kier alpha value is -3.22. The summed E-state index contributed by atoms with van der Waals surface area (Å²) in [5.74, 6) is 0.322. The summed E-state index contributed by atoms with van der Waals surface area (Å²) >= 11 is 0. The van der Waals surface area contributed by atoms with E-state index >= 15 is 0 Å². The van der Waals surface area contributed by atoms with Crippen LogP contribution >= 0.6 is 0 Å². The van der Waals surface area contributed by atoms with E-state index in [1.165, 1.54) is 29.7 Å². The van der Waals surface area contributed by atoms with Crippen LogP contribution in [0.3, 0.4) is 0 Å². The molecule has 0 radical (unpaired) electrons. The largest absolute Gasteiger partial charge is 0.357 e. The maximum atomic E-state index is 13.0. The molecule has 3 aromatic rings. The number of nitrogens with one attached hydrogen (secondary N) is 1. The average Bonchev–Trinajstić information content (AvgIpc) is 3.36. The number of halogens is 1. The second-order valence-corrected chi connectivity index (χ2v) is 6.57. The highest BCUT2D eigenvalue weighted by atomic mass is 19.1. The topological polar surface area (TPSA) is 63.1 Å². The zero-order valence-electron chi connectivity index (χ0n) is 15.0. The number of hydrogen-bond donors (Lipinski definition) is 1. The SMILES string of the molecule is Cc1nc(N2CCCC2)ccc1NC(=O)c1ccn(-c2ccc(F)cc2)n1. The van der Waals surface area contributed by atoms with Crippen molar-refractivity contribution in [2.75, 3.05) is 23.3 Å². The van der Waals surface area contributed by atoms with Crippen molar-refractivity contribution in [2.45, 2.75) is 19.8 Å². The molecule has 1 aliphatic heterocycles. The van der Waals surface area contributed by atoms with Crippen molar-refractivity contribution in [2.24, 2.45) is 0 Å². The van der Waals surface area contributed by atoms with Crippen LogP contribution in [0.5, 0.6) is 0 Å². The van der Waals surface area contributed by atoms with Crippen LogP contribution < -0.4 is 10.2 Å². The summed E-state index contributed by atoms with van der Waals surface area (Å²) in [4.78, 5) is 19.4. The number of aromatic nitrogens is 3. The molecule has 7 heteroatoms. The third kappa shape index (κ3) is 3.67. The molecule has 27 heavy (non-hydrogen) atoms. The van der Waals surface area contributed by atoms with Crippen molar-refractivity contribution < 1.29 is 9.18 Å². The van der Waals surface area contributed by atoms with Crippen LogP contribution in [0.1, 0.15) is 29.0 Å². The van der Waals surface area contributed by atoms with Crippen LogP contribution in [-0.2, 0) is 0 Å². The van der Waals surface area contributed by atoms with Gasteiger partial charge >= 0.3 is 0 Å². The van der Waals surface area contributed by atoms with E-state index in [4.69, 9.17) is 0 Å². The molecule has 1 saturated heterocycles. The van der Waals surface area contributed by atoms with Crippen molar-refractivity contribution in [1.82, 2.24) is 14.8 Å². The molecule has 1 aliphatic rings. The predicted octanol–water partition coefficient (Wildman–Crippen LogP) is 3.57. The molecule has 0 spiro atoms. The summed E-state index contributed by atoms with van der Waals surface area (Å²) in [6.07, 6.45) is 4.05. The van der Waals surface area contributed by atoms with E-state index in [1.54, 1.807) is 24.4 Å². The summed E-state index contributed by atoms with van der Waals surface area (Å²) in [5, 5.41) is 7.13. The van der Waals surface area contributed by atoms with Crippen LogP contribution in [0.25, 0.3) is 5.69 Å². The van der Waals surface area contributed by atoms with Crippen LogP contribution in [-0.4, -0.2) is 33.8 Å². The molecule has 4 rings (SSSR count). The normalized spacial score (nSPS) is 13.8. The van der Waals surface area contributed by atoms with Crippen molar-refractivity contribution in [3.05, 3.63) is 65.9 Å². The third-order valence-corrected chi connectivity index (χ3v) is 4.66. The van der Waals surface area contributed by atoms with E-state index in [2.05, 4.69) is 20.3 Å². The minimum atomic E-state index is -0.316. The van der Waals surface area contributed by atoms with Gasteiger partial charge in [-0.1, -0.05) is 0 Å². The summed E-state index contributed by atoms with van der Waals surface area (Å²) in [5.41, 5.74) is 2.40. The van der Waals surface area contributed by atoms with Crippen LogP contribution in [0.15, 0.2) is 48.7 Å². The van der Waals surface area contributed by atoms with Gasteiger partial charge in [-0.15, -0.1) is 0 Å². The Morgan fingerprint density at radius 3 is 2.52 bits per heavy atom. The zero-order chi connectivity index (χ0) is 18.8. The number of amides is 1. The van der Waals surface area contributed by atoms with E-state index in [1.807, 2.05) is 19.1 Å². The van der Waals surface area contributed by atoms with E-state index in [0.29, 0.717) is 11.4 Å². The molecule has 0 aliphatic carbocycles. The van der Waals surface area contributed by atoms with Crippen molar-refractivity contribution in [1.29, 1.82) is 0 Å². The number of carbonyl (C=O) groups excluding carboxylic acids is 1. The minimum absolute atomic E-state index is 0.280. The first-order chi connectivity index (χ1) is 13.1. The Balaban J connectivity index is 1.48. The maximum Gasteiger partial charge on any atom is 0.276 e. The maximum absolute atomic E-state index is 13.0. The lowest BCUT2D eigenvalue weighted by Crippen LogP contribution is -2.20. The minimum Gasteiger partial charge on any atom is -0.357 e. The molecule has 1 amide bonds. The Labute approximate surface area is 156 Å². The lowest BCUT2D eigenvalue weighted by atomic mass is 10.3. The van der Waals surface area contributed by atoms with E-state index in [0.717, 1.165) is 24.6 Å². The predicted molar refractivity (Wildman–Crippen MR) is 102 cm³/mol. The summed E-state index contributed by atoms with van der Waals surface area (Å²) in [6, 6.07) is 11.4. The molecule has 1 aromatic carbocycles. The number of aryl methyl sites for hydroxylation is 1. The number of anilines is 2. The fraction of sp³-hybridized carbons (Fsp3) is 0.250. The fourth-order valence-corrected chi connectivity index (χ4v) is 3.17. The molecule has 0 bridgehead atoms. The number of nitrogens with zero attached hydrogens (tertiary/aromatic N) is 4. The van der Waals surface area contributed by atoms with E-state index in [-0.39, 0.29) is 17.4 Å². The van der Waals surface area contributed by atoms with Gasteiger partial charge < -0.3 is 10.2 Å². The molecule has 0 saturated carbocycles. The number of rotatable bonds is 4. The second-order valence-electron chi connectivity index (χ2n) is 6.57. The molecule has 6 nitrogen and oxygen atoms in total. The van der Waals surface area contributed by atoms with Gasteiger partial charge in [0.05, 0.1) is 17.1 Å². The molecular formula is C20H20FN5O. The first-order valence-corrected chi connectivity index (χ1v) is 8.96. The zero-order valence-corrected chi connectivity index (χ0v) is 15.0. The molecule has 0 unspecified atom stereocenters. The Bertz CT molecular complexity index is 961. The molecule has 1 fully saturated rings. The molecule has 3 heterocycles. The monoisotopic (exact) mass is 365 g/mol. The summed E-state index contributed by atoms with van der Waals surface area (Å²) < 4.78 is 14.6. The van der Waals surface area contributed by atoms with Gasteiger partial charge in [0.15, 0.2) is 5.69 Å². The smallest absolute Gasteiger partial charge is 0.276 e. The highest BCUT2D eigenvalue weighted by molar-refractivity contribution is 6.03. The average molecular weight is 365 g/mol. The molecule has 138 valence electrons. The Kier molecular flexibility index (Phi) is 4.58. The lowest BCUT2D eigenvalue weighted by Gasteiger charge is -2.17. The highest BCUT2D eigenvalue weighted by Gasteiger charge is 2.16. The second kappa shape index (κ2) is 7.19.